The van der Waals surface area contributed by atoms with E-state index in [0.29, 0.717) is 37.9 Å². The summed E-state index contributed by atoms with van der Waals surface area (Å²) in [6, 6.07) is 9.71. The maximum atomic E-state index is 12.7. The predicted octanol–water partition coefficient (Wildman–Crippen LogP) is 1.01. The highest BCUT2D eigenvalue weighted by molar-refractivity contribution is 5.89. The lowest BCUT2D eigenvalue weighted by molar-refractivity contribution is -0.137. The van der Waals surface area contributed by atoms with Gasteiger partial charge in [-0.2, -0.15) is 4.98 Å². The molecule has 0 radical (unpaired) electrons. The van der Waals surface area contributed by atoms with Crippen molar-refractivity contribution in [2.75, 3.05) is 31.5 Å². The molecule has 1 aromatic carbocycles. The van der Waals surface area contributed by atoms with Crippen molar-refractivity contribution in [1.82, 2.24) is 24.7 Å². The van der Waals surface area contributed by atoms with Gasteiger partial charge in [-0.05, 0) is 56.9 Å². The molecule has 1 saturated carbocycles. The van der Waals surface area contributed by atoms with Gasteiger partial charge in [0.15, 0.2) is 0 Å². The van der Waals surface area contributed by atoms with Gasteiger partial charge in [0.2, 0.25) is 5.91 Å². The molecule has 37 heavy (non-hydrogen) atoms. The van der Waals surface area contributed by atoms with Crippen LogP contribution in [0.15, 0.2) is 41.3 Å². The monoisotopic (exact) mass is 510 g/mol. The summed E-state index contributed by atoms with van der Waals surface area (Å²) >= 11 is 0. The van der Waals surface area contributed by atoms with Crippen LogP contribution in [0.25, 0.3) is 5.69 Å². The van der Waals surface area contributed by atoms with E-state index in [4.69, 9.17) is 11.5 Å². The van der Waals surface area contributed by atoms with Gasteiger partial charge >= 0.3 is 11.7 Å². The lowest BCUT2D eigenvalue weighted by Crippen LogP contribution is -2.58. The minimum Gasteiger partial charge on any atom is -0.338 e. The van der Waals surface area contributed by atoms with Crippen LogP contribution in [0.1, 0.15) is 45.1 Å². The summed E-state index contributed by atoms with van der Waals surface area (Å²) in [7, 11) is 0. The van der Waals surface area contributed by atoms with E-state index < -0.39 is 11.2 Å². The van der Waals surface area contributed by atoms with Crippen LogP contribution in [0.2, 0.25) is 0 Å². The Bertz CT molecular complexity index is 1150. The molecule has 11 heteroatoms. The number of nitrogens with zero attached hydrogens (tertiary/aromatic N) is 4. The average molecular weight is 511 g/mol. The summed E-state index contributed by atoms with van der Waals surface area (Å²) in [5, 5.41) is 6.26. The SMILES string of the molecule is CC(C)(N)C(=O)N1CCN(C(=O)Nc2ccn(-c3ccc(CN[C@H]4CCC[C@@H](N)C4)cc3)c(=O)n2)CC1. The molecule has 1 aromatic heterocycles. The quantitative estimate of drug-likeness (QED) is 0.453. The van der Waals surface area contributed by atoms with Crippen LogP contribution < -0.4 is 27.8 Å². The summed E-state index contributed by atoms with van der Waals surface area (Å²) < 4.78 is 1.44. The van der Waals surface area contributed by atoms with Gasteiger partial charge in [-0.3, -0.25) is 14.7 Å². The Morgan fingerprint density at radius 2 is 1.73 bits per heavy atom. The Morgan fingerprint density at radius 1 is 1.05 bits per heavy atom. The van der Waals surface area contributed by atoms with Crippen LogP contribution in [0.4, 0.5) is 10.6 Å². The van der Waals surface area contributed by atoms with Crippen molar-refractivity contribution in [3.05, 3.63) is 52.6 Å². The third-order valence-corrected chi connectivity index (χ3v) is 6.97. The van der Waals surface area contributed by atoms with Crippen LogP contribution in [0, 0.1) is 0 Å². The normalized spacial score (nSPS) is 20.5. The minimum atomic E-state index is -0.945. The van der Waals surface area contributed by atoms with E-state index in [1.165, 1.54) is 4.57 Å². The standard InChI is InChI=1S/C26H38N8O3/c1-26(2,28)23(35)32-12-14-33(15-13-32)24(36)30-22-10-11-34(25(37)31-22)21-8-6-18(7-9-21)17-29-20-5-3-4-19(27)16-20/h6-11,19-20,29H,3-5,12-17,27-28H2,1-2H3,(H,30,31,36,37)/t19-,20+/m1/s1. The topological polar surface area (TPSA) is 152 Å². The van der Waals surface area contributed by atoms with E-state index in [2.05, 4.69) is 15.6 Å². The number of hydrogen-bond acceptors (Lipinski definition) is 7. The smallest absolute Gasteiger partial charge is 0.338 e. The van der Waals surface area contributed by atoms with E-state index in [0.717, 1.165) is 37.8 Å². The fourth-order valence-corrected chi connectivity index (χ4v) is 4.83. The molecule has 11 nitrogen and oxygen atoms in total. The highest BCUT2D eigenvalue weighted by Gasteiger charge is 2.31. The Morgan fingerprint density at radius 3 is 2.35 bits per heavy atom. The van der Waals surface area contributed by atoms with Crippen LogP contribution in [0.3, 0.4) is 0 Å². The van der Waals surface area contributed by atoms with Gasteiger partial charge in [-0.15, -0.1) is 0 Å². The van der Waals surface area contributed by atoms with Crippen molar-refractivity contribution < 1.29 is 9.59 Å². The van der Waals surface area contributed by atoms with Gasteiger partial charge in [0, 0.05) is 51.0 Å². The minimum absolute atomic E-state index is 0.143. The molecule has 0 unspecified atom stereocenters. The number of amides is 3. The first-order valence-electron chi connectivity index (χ1n) is 12.9. The lowest BCUT2D eigenvalue weighted by atomic mass is 9.91. The number of anilines is 1. The fraction of sp³-hybridized carbons (Fsp3) is 0.538. The molecule has 2 heterocycles. The van der Waals surface area contributed by atoms with E-state index in [1.54, 1.807) is 35.9 Å². The summed E-state index contributed by atoms with van der Waals surface area (Å²) in [5.74, 6) is 0.0374. The summed E-state index contributed by atoms with van der Waals surface area (Å²) in [6.45, 7) is 5.65. The number of carbonyl (C=O) groups is 2. The van der Waals surface area contributed by atoms with Crippen molar-refractivity contribution in [2.45, 2.75) is 63.7 Å². The first kappa shape index (κ1) is 26.8. The van der Waals surface area contributed by atoms with Gasteiger partial charge in [-0.25, -0.2) is 9.59 Å². The summed E-state index contributed by atoms with van der Waals surface area (Å²) in [5.41, 5.74) is 12.4. The first-order chi connectivity index (χ1) is 17.6. The third-order valence-electron chi connectivity index (χ3n) is 6.97. The zero-order chi connectivity index (χ0) is 26.6. The molecule has 0 bridgehead atoms. The van der Waals surface area contributed by atoms with E-state index in [9.17, 15) is 14.4 Å². The maximum absolute atomic E-state index is 12.7. The van der Waals surface area contributed by atoms with Crippen molar-refractivity contribution in [1.29, 1.82) is 0 Å². The number of nitrogens with two attached hydrogens (primary N) is 2. The Kier molecular flexibility index (Phi) is 8.25. The van der Waals surface area contributed by atoms with Gasteiger partial charge in [-0.1, -0.05) is 18.6 Å². The first-order valence-corrected chi connectivity index (χ1v) is 12.9. The number of urea groups is 1. The van der Waals surface area contributed by atoms with Gasteiger partial charge in [0.25, 0.3) is 0 Å². The lowest BCUT2D eigenvalue weighted by Gasteiger charge is -2.37. The Balaban J connectivity index is 1.30. The van der Waals surface area contributed by atoms with Crippen molar-refractivity contribution in [2.24, 2.45) is 11.5 Å². The zero-order valence-corrected chi connectivity index (χ0v) is 21.7. The van der Waals surface area contributed by atoms with Crippen molar-refractivity contribution in [3.8, 4) is 5.69 Å². The molecule has 4 rings (SSSR count). The van der Waals surface area contributed by atoms with E-state index in [-0.39, 0.29) is 23.8 Å². The number of rotatable bonds is 6. The van der Waals surface area contributed by atoms with Crippen molar-refractivity contribution in [3.63, 3.8) is 0 Å². The molecular weight excluding hydrogens is 472 g/mol. The fourth-order valence-electron chi connectivity index (χ4n) is 4.83. The number of carbonyl (C=O) groups excluding carboxylic acids is 2. The molecule has 2 atom stereocenters. The zero-order valence-electron chi connectivity index (χ0n) is 21.7. The van der Waals surface area contributed by atoms with E-state index in [1.807, 2.05) is 24.3 Å². The molecule has 2 fully saturated rings. The van der Waals surface area contributed by atoms with E-state index >= 15 is 0 Å². The highest BCUT2D eigenvalue weighted by atomic mass is 16.2. The number of aromatic nitrogens is 2. The molecule has 6 N–H and O–H groups in total. The molecule has 2 aromatic rings. The number of benzene rings is 1. The highest BCUT2D eigenvalue weighted by Crippen LogP contribution is 2.18. The summed E-state index contributed by atoms with van der Waals surface area (Å²) in [6.07, 6.45) is 6.02. The Hall–Kier alpha value is -3.28. The van der Waals surface area contributed by atoms with Crippen molar-refractivity contribution >= 4 is 17.8 Å². The Labute approximate surface area is 217 Å². The molecule has 1 aliphatic carbocycles. The average Bonchev–Trinajstić information content (AvgIpc) is 2.87. The molecule has 1 aliphatic heterocycles. The van der Waals surface area contributed by atoms with Gasteiger partial charge < -0.3 is 26.6 Å². The molecule has 2 aliphatic rings. The third kappa shape index (κ3) is 6.94. The van der Waals surface area contributed by atoms with Crippen LogP contribution >= 0.6 is 0 Å². The number of piperazine rings is 1. The second-order valence-corrected chi connectivity index (χ2v) is 10.6. The predicted molar refractivity (Wildman–Crippen MR) is 142 cm³/mol. The molecule has 1 saturated heterocycles. The van der Waals surface area contributed by atoms with Gasteiger partial charge in [0.05, 0.1) is 11.2 Å². The second kappa shape index (κ2) is 11.4. The summed E-state index contributed by atoms with van der Waals surface area (Å²) in [4.78, 5) is 44.9. The molecule has 200 valence electrons. The molecule has 0 spiro atoms. The number of nitrogens with one attached hydrogen (secondary N) is 2. The maximum Gasteiger partial charge on any atom is 0.354 e. The van der Waals surface area contributed by atoms with Crippen LogP contribution in [-0.2, 0) is 11.3 Å². The van der Waals surface area contributed by atoms with Crippen LogP contribution in [-0.4, -0.2) is 75.1 Å². The van der Waals surface area contributed by atoms with Crippen LogP contribution in [0.5, 0.6) is 0 Å². The largest absolute Gasteiger partial charge is 0.354 e. The van der Waals surface area contributed by atoms with Gasteiger partial charge in [0.1, 0.15) is 5.82 Å². The second-order valence-electron chi connectivity index (χ2n) is 10.6. The number of hydrogen-bond donors (Lipinski definition) is 4. The molecular formula is C26H38N8O3. The molecule has 3 amide bonds.